The van der Waals surface area contributed by atoms with Crippen LogP contribution in [0.2, 0.25) is 0 Å². The van der Waals surface area contributed by atoms with Crippen LogP contribution in [0.15, 0.2) is 60.9 Å². The van der Waals surface area contributed by atoms with Gasteiger partial charge in [0.1, 0.15) is 5.75 Å². The lowest BCUT2D eigenvalue weighted by molar-refractivity contribution is -0.384. The Balaban J connectivity index is 1.65. The van der Waals surface area contributed by atoms with Gasteiger partial charge in [-0.2, -0.15) is 5.10 Å². The lowest BCUT2D eigenvalue weighted by Gasteiger charge is -2.10. The van der Waals surface area contributed by atoms with Crippen molar-refractivity contribution in [2.45, 2.75) is 13.1 Å². The summed E-state index contributed by atoms with van der Waals surface area (Å²) in [5.74, 6) is 0.436. The number of nitrogens with one attached hydrogen (secondary N) is 1. The minimum atomic E-state index is -0.445. The van der Waals surface area contributed by atoms with E-state index in [0.29, 0.717) is 24.5 Å². The van der Waals surface area contributed by atoms with Crippen molar-refractivity contribution in [1.82, 2.24) is 9.78 Å². The van der Waals surface area contributed by atoms with E-state index in [1.165, 1.54) is 24.8 Å². The van der Waals surface area contributed by atoms with Gasteiger partial charge in [0.25, 0.3) is 5.69 Å². The number of benzene rings is 2. The van der Waals surface area contributed by atoms with Crippen molar-refractivity contribution in [1.29, 1.82) is 0 Å². The topological polar surface area (TPSA) is 82.2 Å². The van der Waals surface area contributed by atoms with Gasteiger partial charge >= 0.3 is 0 Å². The molecule has 7 nitrogen and oxygen atoms in total. The first-order valence-electron chi connectivity index (χ1n) is 7.77. The molecule has 0 radical (unpaired) electrons. The highest BCUT2D eigenvalue weighted by Gasteiger charge is 2.11. The molecule has 25 heavy (non-hydrogen) atoms. The van der Waals surface area contributed by atoms with Crippen molar-refractivity contribution in [2.24, 2.45) is 0 Å². The van der Waals surface area contributed by atoms with Gasteiger partial charge in [0.15, 0.2) is 0 Å². The minimum Gasteiger partial charge on any atom is -0.494 e. The second-order valence-corrected chi connectivity index (χ2v) is 5.53. The quantitative estimate of drug-likeness (QED) is 0.527. The molecule has 1 N–H and O–H groups in total. The van der Waals surface area contributed by atoms with Gasteiger partial charge in [0.05, 0.1) is 36.5 Å². The molecule has 0 atom stereocenters. The first-order valence-corrected chi connectivity index (χ1v) is 7.77. The number of ether oxygens (including phenoxy) is 1. The van der Waals surface area contributed by atoms with E-state index in [4.69, 9.17) is 4.74 Å². The van der Waals surface area contributed by atoms with Gasteiger partial charge in [-0.1, -0.05) is 30.3 Å². The number of hydrogen-bond donors (Lipinski definition) is 1. The van der Waals surface area contributed by atoms with E-state index in [9.17, 15) is 10.1 Å². The first-order chi connectivity index (χ1) is 12.2. The van der Waals surface area contributed by atoms with Crippen LogP contribution >= 0.6 is 0 Å². The molecule has 0 aliphatic rings. The van der Waals surface area contributed by atoms with Crippen LogP contribution in [0.5, 0.6) is 5.75 Å². The number of anilines is 1. The maximum absolute atomic E-state index is 10.8. The molecule has 0 aliphatic heterocycles. The fourth-order valence-electron chi connectivity index (χ4n) is 2.49. The Kier molecular flexibility index (Phi) is 4.94. The molecule has 2 aromatic carbocycles. The zero-order chi connectivity index (χ0) is 17.6. The molecule has 128 valence electrons. The third-order valence-electron chi connectivity index (χ3n) is 3.75. The molecule has 0 fully saturated rings. The summed E-state index contributed by atoms with van der Waals surface area (Å²) in [5, 5.41) is 18.4. The molecule has 3 aromatic rings. The zero-order valence-electron chi connectivity index (χ0n) is 13.8. The molecule has 3 rings (SSSR count). The number of rotatable bonds is 7. The van der Waals surface area contributed by atoms with Crippen molar-refractivity contribution in [2.75, 3.05) is 12.4 Å². The molecular weight excluding hydrogens is 320 g/mol. The highest BCUT2D eigenvalue weighted by atomic mass is 16.6. The number of hydrogen-bond acceptors (Lipinski definition) is 5. The number of nitro groups is 1. The molecule has 1 aromatic heterocycles. The van der Waals surface area contributed by atoms with Gasteiger partial charge in [-0.25, -0.2) is 0 Å². The van der Waals surface area contributed by atoms with Crippen molar-refractivity contribution >= 4 is 11.4 Å². The van der Waals surface area contributed by atoms with E-state index in [1.807, 2.05) is 29.1 Å². The second kappa shape index (κ2) is 7.48. The van der Waals surface area contributed by atoms with Gasteiger partial charge < -0.3 is 10.1 Å². The maximum Gasteiger partial charge on any atom is 0.273 e. The summed E-state index contributed by atoms with van der Waals surface area (Å²) >= 11 is 0. The Labute approximate surface area is 145 Å². The smallest absolute Gasteiger partial charge is 0.273 e. The fraction of sp³-hybridized carbons (Fsp3) is 0.167. The molecule has 7 heteroatoms. The average molecular weight is 338 g/mol. The molecular formula is C18H18N4O3. The number of non-ortho nitro benzene ring substituents is 1. The van der Waals surface area contributed by atoms with Gasteiger partial charge in [-0.15, -0.1) is 0 Å². The monoisotopic (exact) mass is 338 g/mol. The Bertz CT molecular complexity index is 862. The lowest BCUT2D eigenvalue weighted by Crippen LogP contribution is -2.02. The van der Waals surface area contributed by atoms with Crippen molar-refractivity contribution < 1.29 is 9.66 Å². The molecule has 1 heterocycles. The van der Waals surface area contributed by atoms with Crippen LogP contribution in [0.25, 0.3) is 0 Å². The Hall–Kier alpha value is -3.35. The van der Waals surface area contributed by atoms with E-state index >= 15 is 0 Å². The maximum atomic E-state index is 10.8. The van der Waals surface area contributed by atoms with E-state index in [-0.39, 0.29) is 5.69 Å². The molecule has 0 saturated carbocycles. The number of methoxy groups -OCH3 is 1. The normalized spacial score (nSPS) is 10.4. The predicted octanol–water partition coefficient (Wildman–Crippen LogP) is 3.46. The van der Waals surface area contributed by atoms with Crippen molar-refractivity contribution in [3.8, 4) is 5.75 Å². The standard InChI is InChI=1S/C18H18N4O3/c1-25-18-9-16(22(23)24)7-8-17(18)19-10-15-11-20-21(13-15)12-14-5-3-2-4-6-14/h2-9,11,13,19H,10,12H2,1H3. The van der Waals surface area contributed by atoms with E-state index in [2.05, 4.69) is 22.5 Å². The van der Waals surface area contributed by atoms with Crippen LogP contribution in [-0.2, 0) is 13.1 Å². The van der Waals surface area contributed by atoms with Gasteiger partial charge in [-0.3, -0.25) is 14.8 Å². The molecule has 0 aliphatic carbocycles. The van der Waals surface area contributed by atoms with Crippen LogP contribution in [-0.4, -0.2) is 21.8 Å². The van der Waals surface area contributed by atoms with Crippen molar-refractivity contribution in [3.63, 3.8) is 0 Å². The lowest BCUT2D eigenvalue weighted by atomic mass is 10.2. The molecule has 0 bridgehead atoms. The molecule has 0 unspecified atom stereocenters. The van der Waals surface area contributed by atoms with Crippen LogP contribution in [0.3, 0.4) is 0 Å². The fourth-order valence-corrected chi connectivity index (χ4v) is 2.49. The molecule has 0 amide bonds. The summed E-state index contributed by atoms with van der Waals surface area (Å²) in [4.78, 5) is 10.4. The Morgan fingerprint density at radius 1 is 1.20 bits per heavy atom. The summed E-state index contributed by atoms with van der Waals surface area (Å²) in [5.41, 5.74) is 2.89. The molecule has 0 spiro atoms. The average Bonchev–Trinajstić information content (AvgIpc) is 3.08. The van der Waals surface area contributed by atoms with Crippen LogP contribution < -0.4 is 10.1 Å². The number of nitro benzene ring substituents is 1. The highest BCUT2D eigenvalue weighted by molar-refractivity contribution is 5.60. The van der Waals surface area contributed by atoms with Crippen LogP contribution in [0, 0.1) is 10.1 Å². The van der Waals surface area contributed by atoms with E-state index < -0.39 is 4.92 Å². The first kappa shape index (κ1) is 16.5. The van der Waals surface area contributed by atoms with Crippen LogP contribution in [0.4, 0.5) is 11.4 Å². The highest BCUT2D eigenvalue weighted by Crippen LogP contribution is 2.29. The zero-order valence-corrected chi connectivity index (χ0v) is 13.8. The summed E-state index contributed by atoms with van der Waals surface area (Å²) < 4.78 is 7.10. The number of aromatic nitrogens is 2. The van der Waals surface area contributed by atoms with Crippen molar-refractivity contribution in [3.05, 3.63) is 82.2 Å². The summed E-state index contributed by atoms with van der Waals surface area (Å²) in [7, 11) is 1.49. The Morgan fingerprint density at radius 3 is 2.72 bits per heavy atom. The predicted molar refractivity (Wildman–Crippen MR) is 94.7 cm³/mol. The largest absolute Gasteiger partial charge is 0.494 e. The van der Waals surface area contributed by atoms with Gasteiger partial charge in [0.2, 0.25) is 0 Å². The van der Waals surface area contributed by atoms with E-state index in [1.54, 1.807) is 12.3 Å². The van der Waals surface area contributed by atoms with Crippen LogP contribution in [0.1, 0.15) is 11.1 Å². The summed E-state index contributed by atoms with van der Waals surface area (Å²) in [6.45, 7) is 1.25. The molecule has 0 saturated heterocycles. The van der Waals surface area contributed by atoms with Gasteiger partial charge in [-0.05, 0) is 11.6 Å². The Morgan fingerprint density at radius 2 is 2.00 bits per heavy atom. The summed E-state index contributed by atoms with van der Waals surface area (Å²) in [6, 6.07) is 14.6. The van der Waals surface area contributed by atoms with Gasteiger partial charge in [0, 0.05) is 24.4 Å². The third-order valence-corrected chi connectivity index (χ3v) is 3.75. The third kappa shape index (κ3) is 4.14. The second-order valence-electron chi connectivity index (χ2n) is 5.53. The number of nitrogens with zero attached hydrogens (tertiary/aromatic N) is 3. The van der Waals surface area contributed by atoms with E-state index in [0.717, 1.165) is 5.56 Å². The minimum absolute atomic E-state index is 0.00178. The SMILES string of the molecule is COc1cc([N+](=O)[O-])ccc1NCc1cnn(Cc2ccccc2)c1. The summed E-state index contributed by atoms with van der Waals surface area (Å²) in [6.07, 6.45) is 3.77.